The molecule has 4 heteroatoms. The van der Waals surface area contributed by atoms with Crippen LogP contribution in [0.25, 0.3) is 0 Å². The molecule has 1 unspecified atom stereocenters. The molecule has 1 nitrogen and oxygen atoms in total. The third-order valence-electron chi connectivity index (χ3n) is 3.32. The zero-order valence-electron chi connectivity index (χ0n) is 11.1. The molecule has 0 saturated carbocycles. The van der Waals surface area contributed by atoms with Crippen molar-refractivity contribution in [3.8, 4) is 0 Å². The van der Waals surface area contributed by atoms with Crippen LogP contribution in [0.4, 0.5) is 8.78 Å². The highest BCUT2D eigenvalue weighted by atomic mass is 79.9. The lowest BCUT2D eigenvalue weighted by Gasteiger charge is -2.27. The molecule has 18 heavy (non-hydrogen) atoms. The number of benzene rings is 1. The Labute approximate surface area is 116 Å². The molecule has 0 aliphatic rings. The van der Waals surface area contributed by atoms with Gasteiger partial charge in [-0.1, -0.05) is 33.6 Å². The first-order chi connectivity index (χ1) is 8.54. The normalized spacial score (nSPS) is 13.1. The third kappa shape index (κ3) is 3.51. The van der Waals surface area contributed by atoms with Gasteiger partial charge in [0.2, 0.25) is 0 Å². The van der Waals surface area contributed by atoms with Gasteiger partial charge in [0, 0.05) is 11.6 Å². The average Bonchev–Trinajstić information content (AvgIpc) is 2.34. The SMILES string of the molecule is CCNC(c1cc(F)c(Br)cc1F)C(CC)CC. The van der Waals surface area contributed by atoms with Crippen LogP contribution >= 0.6 is 15.9 Å². The standard InChI is InChI=1S/C14H20BrF2N/c1-4-9(5-2)14(18-6-3)10-7-13(17)11(15)8-12(10)16/h7-9,14,18H,4-6H2,1-3H3. The Bertz CT molecular complexity index is 392. The fourth-order valence-corrected chi connectivity index (χ4v) is 2.60. The van der Waals surface area contributed by atoms with Gasteiger partial charge in [0.1, 0.15) is 11.6 Å². The molecule has 0 saturated heterocycles. The first-order valence-corrected chi connectivity index (χ1v) is 7.22. The highest BCUT2D eigenvalue weighted by molar-refractivity contribution is 9.10. The molecule has 1 aromatic rings. The summed E-state index contributed by atoms with van der Waals surface area (Å²) in [6, 6.07) is 2.37. The summed E-state index contributed by atoms with van der Waals surface area (Å²) in [7, 11) is 0. The molecule has 0 fully saturated rings. The minimum absolute atomic E-state index is 0.132. The molecular formula is C14H20BrF2N. The second-order valence-corrected chi connectivity index (χ2v) is 5.25. The van der Waals surface area contributed by atoms with E-state index in [9.17, 15) is 8.78 Å². The number of halogens is 3. The zero-order valence-corrected chi connectivity index (χ0v) is 12.7. The van der Waals surface area contributed by atoms with Crippen molar-refractivity contribution < 1.29 is 8.78 Å². The van der Waals surface area contributed by atoms with Crippen LogP contribution in [0, 0.1) is 17.6 Å². The predicted molar refractivity (Wildman–Crippen MR) is 74.5 cm³/mol. The highest BCUT2D eigenvalue weighted by Crippen LogP contribution is 2.31. The Hall–Kier alpha value is -0.480. The van der Waals surface area contributed by atoms with Crippen molar-refractivity contribution in [3.63, 3.8) is 0 Å². The average molecular weight is 320 g/mol. The fraction of sp³-hybridized carbons (Fsp3) is 0.571. The van der Waals surface area contributed by atoms with Gasteiger partial charge in [-0.2, -0.15) is 0 Å². The fourth-order valence-electron chi connectivity index (χ4n) is 2.29. The monoisotopic (exact) mass is 319 g/mol. The van der Waals surface area contributed by atoms with E-state index in [0.717, 1.165) is 19.4 Å². The topological polar surface area (TPSA) is 12.0 Å². The van der Waals surface area contributed by atoms with Gasteiger partial charge in [0.25, 0.3) is 0 Å². The molecule has 0 aliphatic carbocycles. The van der Waals surface area contributed by atoms with Crippen molar-refractivity contribution in [2.45, 2.75) is 39.7 Å². The Morgan fingerprint density at radius 3 is 2.22 bits per heavy atom. The highest BCUT2D eigenvalue weighted by Gasteiger charge is 2.23. The summed E-state index contributed by atoms with van der Waals surface area (Å²) in [4.78, 5) is 0. The van der Waals surface area contributed by atoms with Crippen molar-refractivity contribution in [3.05, 3.63) is 33.8 Å². The van der Waals surface area contributed by atoms with Crippen molar-refractivity contribution in [2.75, 3.05) is 6.54 Å². The summed E-state index contributed by atoms with van der Waals surface area (Å²) in [5, 5.41) is 3.27. The van der Waals surface area contributed by atoms with E-state index in [0.29, 0.717) is 11.5 Å². The Balaban J connectivity index is 3.16. The van der Waals surface area contributed by atoms with Gasteiger partial charge in [-0.3, -0.25) is 0 Å². The van der Waals surface area contributed by atoms with E-state index >= 15 is 0 Å². The Kier molecular flexibility index (Phi) is 6.22. The molecule has 1 rings (SSSR count). The Morgan fingerprint density at radius 1 is 1.11 bits per heavy atom. The van der Waals surface area contributed by atoms with Crippen molar-refractivity contribution >= 4 is 15.9 Å². The lowest BCUT2D eigenvalue weighted by atomic mass is 9.88. The number of hydrogen-bond acceptors (Lipinski definition) is 1. The van der Waals surface area contributed by atoms with Crippen molar-refractivity contribution in [2.24, 2.45) is 5.92 Å². The third-order valence-corrected chi connectivity index (χ3v) is 3.93. The summed E-state index contributed by atoms with van der Waals surface area (Å²) in [5.41, 5.74) is 0.422. The minimum atomic E-state index is -0.416. The van der Waals surface area contributed by atoms with Crippen molar-refractivity contribution in [1.29, 1.82) is 0 Å². The van der Waals surface area contributed by atoms with Crippen LogP contribution in [-0.4, -0.2) is 6.54 Å². The Morgan fingerprint density at radius 2 is 1.72 bits per heavy atom. The summed E-state index contributed by atoms with van der Waals surface area (Å²) in [6.07, 6.45) is 1.87. The van der Waals surface area contributed by atoms with E-state index in [1.54, 1.807) is 0 Å². The van der Waals surface area contributed by atoms with Gasteiger partial charge >= 0.3 is 0 Å². The maximum Gasteiger partial charge on any atom is 0.137 e. The van der Waals surface area contributed by atoms with Gasteiger partial charge in [-0.15, -0.1) is 0 Å². The van der Waals surface area contributed by atoms with E-state index < -0.39 is 5.82 Å². The van der Waals surface area contributed by atoms with Crippen LogP contribution < -0.4 is 5.32 Å². The molecule has 0 heterocycles. The first kappa shape index (κ1) is 15.6. The maximum atomic E-state index is 14.0. The van der Waals surface area contributed by atoms with E-state index in [2.05, 4.69) is 35.1 Å². The molecule has 0 aromatic heterocycles. The van der Waals surface area contributed by atoms with Crippen LogP contribution in [0.5, 0.6) is 0 Å². The molecule has 102 valence electrons. The molecule has 0 spiro atoms. The number of hydrogen-bond donors (Lipinski definition) is 1. The van der Waals surface area contributed by atoms with E-state index in [4.69, 9.17) is 0 Å². The predicted octanol–water partition coefficient (Wildman–Crippen LogP) is 4.81. The van der Waals surface area contributed by atoms with Crippen LogP contribution in [0.3, 0.4) is 0 Å². The van der Waals surface area contributed by atoms with Gasteiger partial charge < -0.3 is 5.32 Å². The molecular weight excluding hydrogens is 300 g/mol. The molecule has 1 aromatic carbocycles. The van der Waals surface area contributed by atoms with Crippen LogP contribution in [0.2, 0.25) is 0 Å². The maximum absolute atomic E-state index is 14.0. The van der Waals surface area contributed by atoms with E-state index in [1.165, 1.54) is 12.1 Å². The van der Waals surface area contributed by atoms with Gasteiger partial charge in [0.15, 0.2) is 0 Å². The smallest absolute Gasteiger partial charge is 0.137 e. The van der Waals surface area contributed by atoms with E-state index in [-0.39, 0.29) is 16.3 Å². The summed E-state index contributed by atoms with van der Waals surface area (Å²) in [5.74, 6) is -0.471. The largest absolute Gasteiger partial charge is 0.310 e. The second kappa shape index (κ2) is 7.19. The van der Waals surface area contributed by atoms with Gasteiger partial charge in [0.05, 0.1) is 4.47 Å². The lowest BCUT2D eigenvalue weighted by molar-refractivity contribution is 0.336. The second-order valence-electron chi connectivity index (χ2n) is 4.40. The van der Waals surface area contributed by atoms with Crippen LogP contribution in [0.15, 0.2) is 16.6 Å². The van der Waals surface area contributed by atoms with Gasteiger partial charge in [-0.05, 0) is 40.5 Å². The van der Waals surface area contributed by atoms with Crippen LogP contribution in [-0.2, 0) is 0 Å². The summed E-state index contributed by atoms with van der Waals surface area (Å²) >= 11 is 3.00. The van der Waals surface area contributed by atoms with Gasteiger partial charge in [-0.25, -0.2) is 8.78 Å². The molecule has 0 aliphatic heterocycles. The summed E-state index contributed by atoms with van der Waals surface area (Å²) in [6.45, 7) is 6.86. The number of nitrogens with one attached hydrogen (secondary N) is 1. The first-order valence-electron chi connectivity index (χ1n) is 6.42. The van der Waals surface area contributed by atoms with Crippen LogP contribution in [0.1, 0.15) is 45.2 Å². The quantitative estimate of drug-likeness (QED) is 0.742. The molecule has 0 amide bonds. The van der Waals surface area contributed by atoms with E-state index in [1.807, 2.05) is 6.92 Å². The zero-order chi connectivity index (χ0) is 13.7. The molecule has 1 atom stereocenters. The molecule has 1 N–H and O–H groups in total. The molecule has 0 bridgehead atoms. The lowest BCUT2D eigenvalue weighted by Crippen LogP contribution is -2.28. The van der Waals surface area contributed by atoms with Crippen molar-refractivity contribution in [1.82, 2.24) is 5.32 Å². The number of rotatable bonds is 6. The minimum Gasteiger partial charge on any atom is -0.310 e. The molecule has 0 radical (unpaired) electrons. The summed E-state index contributed by atoms with van der Waals surface area (Å²) < 4.78 is 27.8.